The second-order valence-corrected chi connectivity index (χ2v) is 12.7. The molecule has 0 aliphatic rings. The predicted molar refractivity (Wildman–Crippen MR) is 134 cm³/mol. The van der Waals surface area contributed by atoms with E-state index in [0.717, 1.165) is 0 Å². The van der Waals surface area contributed by atoms with Gasteiger partial charge in [0, 0.05) is 4.90 Å². The van der Waals surface area contributed by atoms with Crippen LogP contribution in [0.15, 0.2) is 105 Å². The van der Waals surface area contributed by atoms with E-state index in [1.54, 1.807) is 11.8 Å². The maximum absolute atomic E-state index is 12.7. The lowest BCUT2D eigenvalue weighted by atomic mass is 9.98. The van der Waals surface area contributed by atoms with Gasteiger partial charge < -0.3 is 4.55 Å². The van der Waals surface area contributed by atoms with Crippen molar-refractivity contribution in [2.45, 2.75) is 54.7 Å². The van der Waals surface area contributed by atoms with Crippen molar-refractivity contribution < 1.29 is 70.0 Å². The van der Waals surface area contributed by atoms with Crippen molar-refractivity contribution >= 4 is 32.8 Å². The number of benzene rings is 3. The smallest absolute Gasteiger partial charge is 0.460 e. The Bertz CT molecular complexity index is 1440. The van der Waals surface area contributed by atoms with Gasteiger partial charge in [-0.1, -0.05) is 36.4 Å². The van der Waals surface area contributed by atoms with Crippen LogP contribution in [0.4, 0.5) is 57.1 Å². The number of hydrogen-bond acceptors (Lipinski definition) is 4. The SMILES string of the molecule is CSc1ccc([S+](c2ccccc2)c2ccccc2)cc1.O=S(=O)([O-])C(F)(F)C(F)(F)C(F)(F)C(F)(F)C(F)(F)C(F)(F)F. The van der Waals surface area contributed by atoms with Crippen molar-refractivity contribution in [3.63, 3.8) is 0 Å². The summed E-state index contributed by atoms with van der Waals surface area (Å²) >= 11 is 1.78. The molecule has 244 valence electrons. The van der Waals surface area contributed by atoms with Crippen LogP contribution in [0.25, 0.3) is 0 Å². The Kier molecular flexibility index (Phi) is 11.1. The van der Waals surface area contributed by atoms with Gasteiger partial charge >= 0.3 is 35.1 Å². The first-order chi connectivity index (χ1) is 19.9. The molecule has 0 atom stereocenters. The second-order valence-electron chi connectivity index (χ2n) is 8.37. The standard InChI is InChI=1S/C19H17S2.C6HF13O3S/c1-20-16-12-14-19(15-13-16)21(17-8-4-2-5-9-17)18-10-6-3-7-11-18;7-1(8,3(11,12)5(15,16)17)2(9,10)4(13,14)6(18,19)23(20,21)22/h2-15H,1H3;(H,20,21,22)/q+1;/p-1. The van der Waals surface area contributed by atoms with Gasteiger partial charge in [0.25, 0.3) is 0 Å². The zero-order valence-corrected chi connectivity index (χ0v) is 23.9. The fraction of sp³-hybridized carbons (Fsp3) is 0.280. The van der Waals surface area contributed by atoms with E-state index in [1.165, 1.54) is 19.6 Å². The van der Waals surface area contributed by atoms with Crippen LogP contribution >= 0.6 is 11.8 Å². The van der Waals surface area contributed by atoms with Crippen molar-refractivity contribution in [2.75, 3.05) is 6.26 Å². The molecule has 3 aromatic rings. The molecule has 3 rings (SSSR count). The zero-order valence-electron chi connectivity index (χ0n) is 21.4. The third-order valence-corrected chi connectivity index (χ3v) is 9.33. The molecule has 3 nitrogen and oxygen atoms in total. The third-order valence-electron chi connectivity index (χ3n) is 5.47. The summed E-state index contributed by atoms with van der Waals surface area (Å²) in [6, 6.07) is 30.5. The fourth-order valence-electron chi connectivity index (χ4n) is 3.15. The average Bonchev–Trinajstić information content (AvgIpc) is 2.93. The van der Waals surface area contributed by atoms with Crippen molar-refractivity contribution in [2.24, 2.45) is 0 Å². The van der Waals surface area contributed by atoms with E-state index in [4.69, 9.17) is 0 Å². The quantitative estimate of drug-likeness (QED) is 0.0966. The molecular formula is C25H17F13O3S3. The van der Waals surface area contributed by atoms with Crippen molar-refractivity contribution in [1.82, 2.24) is 0 Å². The topological polar surface area (TPSA) is 57.2 Å². The van der Waals surface area contributed by atoms with Crippen LogP contribution in [0.3, 0.4) is 0 Å². The molecule has 0 amide bonds. The molecule has 0 fully saturated rings. The Balaban J connectivity index is 0.000000307. The van der Waals surface area contributed by atoms with Crippen LogP contribution in [-0.2, 0) is 21.0 Å². The van der Waals surface area contributed by atoms with Gasteiger partial charge in [-0.2, -0.15) is 57.1 Å². The van der Waals surface area contributed by atoms with Gasteiger partial charge in [0.1, 0.15) is 0 Å². The molecule has 0 heterocycles. The Morgan fingerprint density at radius 2 is 0.886 bits per heavy atom. The van der Waals surface area contributed by atoms with E-state index < -0.39 is 45.2 Å². The third kappa shape index (κ3) is 6.94. The van der Waals surface area contributed by atoms with Gasteiger partial charge in [-0.3, -0.25) is 0 Å². The average molecular weight is 709 g/mol. The van der Waals surface area contributed by atoms with E-state index in [9.17, 15) is 70.0 Å². The largest absolute Gasteiger partial charge is 0.743 e. The number of hydrogen-bond donors (Lipinski definition) is 0. The van der Waals surface area contributed by atoms with E-state index >= 15 is 0 Å². The van der Waals surface area contributed by atoms with Gasteiger partial charge in [-0.25, -0.2) is 8.42 Å². The molecule has 44 heavy (non-hydrogen) atoms. The van der Waals surface area contributed by atoms with E-state index in [2.05, 4.69) is 91.2 Å². The Morgan fingerprint density at radius 3 is 1.20 bits per heavy atom. The lowest BCUT2D eigenvalue weighted by Crippen LogP contribution is -2.71. The molecule has 0 aliphatic carbocycles. The van der Waals surface area contributed by atoms with Crippen LogP contribution in [0, 0.1) is 0 Å². The maximum atomic E-state index is 12.7. The predicted octanol–water partition coefficient (Wildman–Crippen LogP) is 8.73. The minimum atomic E-state index is -8.29. The lowest BCUT2D eigenvalue weighted by molar-refractivity contribution is -0.433. The zero-order chi connectivity index (χ0) is 34.0. The first-order valence-electron chi connectivity index (χ1n) is 11.3. The van der Waals surface area contributed by atoms with Gasteiger partial charge in [-0.05, 0) is 54.8 Å². The van der Waals surface area contributed by atoms with E-state index in [-0.39, 0.29) is 10.9 Å². The Morgan fingerprint density at radius 1 is 0.545 bits per heavy atom. The summed E-state index contributed by atoms with van der Waals surface area (Å²) < 4.78 is 189. The fourth-order valence-corrected chi connectivity index (χ4v) is 6.08. The highest BCUT2D eigenvalue weighted by atomic mass is 32.2. The summed E-state index contributed by atoms with van der Waals surface area (Å²) in [5.41, 5.74) is 0. The number of alkyl halides is 13. The molecule has 0 saturated heterocycles. The number of thioether (sulfide) groups is 1. The van der Waals surface area contributed by atoms with Crippen LogP contribution in [0.5, 0.6) is 0 Å². The van der Waals surface area contributed by atoms with Crippen molar-refractivity contribution in [1.29, 1.82) is 0 Å². The minimum Gasteiger partial charge on any atom is -0.743 e. The van der Waals surface area contributed by atoms with Gasteiger partial charge in [0.15, 0.2) is 24.8 Å². The first-order valence-corrected chi connectivity index (χ1v) is 15.1. The summed E-state index contributed by atoms with van der Waals surface area (Å²) in [5.74, 6) is -32.6. The van der Waals surface area contributed by atoms with Crippen LogP contribution in [0.1, 0.15) is 0 Å². The normalized spacial score (nSPS) is 13.8. The van der Waals surface area contributed by atoms with Crippen LogP contribution < -0.4 is 0 Å². The molecule has 0 spiro atoms. The minimum absolute atomic E-state index is 0.0341. The maximum Gasteiger partial charge on any atom is 0.460 e. The van der Waals surface area contributed by atoms with Crippen molar-refractivity contribution in [3.8, 4) is 0 Å². The Hall–Kier alpha value is -2.64. The monoisotopic (exact) mass is 708 g/mol. The molecule has 0 bridgehead atoms. The molecule has 0 unspecified atom stereocenters. The van der Waals surface area contributed by atoms with Crippen molar-refractivity contribution in [3.05, 3.63) is 84.9 Å². The molecule has 3 aromatic carbocycles. The number of rotatable bonds is 9. The lowest BCUT2D eigenvalue weighted by Gasteiger charge is -2.39. The highest BCUT2D eigenvalue weighted by Gasteiger charge is 2.91. The molecule has 19 heteroatoms. The molecular weight excluding hydrogens is 691 g/mol. The highest BCUT2D eigenvalue weighted by molar-refractivity contribution is 7.98. The highest BCUT2D eigenvalue weighted by Crippen LogP contribution is 2.60. The molecule has 0 saturated carbocycles. The van der Waals surface area contributed by atoms with E-state index in [0.29, 0.717) is 0 Å². The summed E-state index contributed by atoms with van der Waals surface area (Å²) in [4.78, 5) is 5.40. The van der Waals surface area contributed by atoms with Gasteiger partial charge in [0.05, 0.1) is 10.9 Å². The second kappa shape index (κ2) is 13.0. The summed E-state index contributed by atoms with van der Waals surface area (Å²) in [7, 11) is -7.89. The number of halogens is 13. The van der Waals surface area contributed by atoms with E-state index in [1.807, 2.05) is 0 Å². The molecule has 0 radical (unpaired) electrons. The summed E-state index contributed by atoms with van der Waals surface area (Å²) in [6.45, 7) is 0. The van der Waals surface area contributed by atoms with Gasteiger partial charge in [0.2, 0.25) is 0 Å². The first kappa shape index (κ1) is 37.5. The van der Waals surface area contributed by atoms with Gasteiger partial charge in [-0.15, -0.1) is 11.8 Å². The Labute approximate surface area is 248 Å². The summed E-state index contributed by atoms with van der Waals surface area (Å²) in [6.07, 6.45) is -5.50. The van der Waals surface area contributed by atoms with Crippen LogP contribution in [0.2, 0.25) is 0 Å². The molecule has 0 N–H and O–H groups in total. The molecule has 0 aromatic heterocycles. The summed E-state index contributed by atoms with van der Waals surface area (Å²) in [5, 5.41) is -7.63. The molecule has 0 aliphatic heterocycles. The van der Waals surface area contributed by atoms with Crippen LogP contribution in [-0.4, -0.2) is 54.3 Å².